The molecule has 4 heteroatoms. The van der Waals surface area contributed by atoms with E-state index < -0.39 is 0 Å². The van der Waals surface area contributed by atoms with Gasteiger partial charge < -0.3 is 10.1 Å². The molecule has 0 aliphatic rings. The van der Waals surface area contributed by atoms with Gasteiger partial charge in [-0.25, -0.2) is 0 Å². The summed E-state index contributed by atoms with van der Waals surface area (Å²) in [6.07, 6.45) is 0.937. The van der Waals surface area contributed by atoms with Crippen molar-refractivity contribution in [2.75, 3.05) is 7.11 Å². The molecule has 1 aromatic carbocycles. The number of para-hydroxylation sites is 1. The number of thiophene rings is 1. The Kier molecular flexibility index (Phi) is 5.46. The summed E-state index contributed by atoms with van der Waals surface area (Å²) in [5.41, 5.74) is 2.47. The molecule has 2 rings (SSSR count). The number of ether oxygens (including phenoxy) is 1. The van der Waals surface area contributed by atoms with Gasteiger partial charge in [0.2, 0.25) is 0 Å². The van der Waals surface area contributed by atoms with Crippen LogP contribution in [0.25, 0.3) is 0 Å². The lowest BCUT2D eigenvalue weighted by molar-refractivity contribution is 0.403. The molecule has 2 unspecified atom stereocenters. The Hall–Kier alpha value is -1.03. The number of hydrogen-bond acceptors (Lipinski definition) is 3. The summed E-state index contributed by atoms with van der Waals surface area (Å²) in [5.74, 6) is 0.951. The first kappa shape index (κ1) is 15.4. The van der Waals surface area contributed by atoms with Crippen LogP contribution in [0.2, 0.25) is 4.34 Å². The maximum Gasteiger partial charge on any atom is 0.122 e. The smallest absolute Gasteiger partial charge is 0.122 e. The Balaban J connectivity index is 1.96. The molecule has 2 aromatic rings. The minimum absolute atomic E-state index is 0.295. The quantitative estimate of drug-likeness (QED) is 0.835. The van der Waals surface area contributed by atoms with E-state index >= 15 is 0 Å². The summed E-state index contributed by atoms with van der Waals surface area (Å²) >= 11 is 7.56. The van der Waals surface area contributed by atoms with Crippen molar-refractivity contribution in [1.29, 1.82) is 0 Å². The van der Waals surface area contributed by atoms with Crippen molar-refractivity contribution in [3.05, 3.63) is 51.2 Å². The van der Waals surface area contributed by atoms with E-state index in [9.17, 15) is 0 Å². The third-order valence-electron chi connectivity index (χ3n) is 3.34. The molecule has 1 N–H and O–H groups in total. The molecule has 1 heterocycles. The summed E-state index contributed by atoms with van der Waals surface area (Å²) in [6, 6.07) is 10.8. The van der Waals surface area contributed by atoms with Crippen molar-refractivity contribution in [3.63, 3.8) is 0 Å². The van der Waals surface area contributed by atoms with E-state index in [0.717, 1.165) is 16.5 Å². The SMILES string of the molecule is COc1ccccc1CC(C)NC(C)c1csc(Cl)c1. The van der Waals surface area contributed by atoms with Gasteiger partial charge in [-0.1, -0.05) is 29.8 Å². The molecule has 0 saturated carbocycles. The van der Waals surface area contributed by atoms with Gasteiger partial charge >= 0.3 is 0 Å². The third-order valence-corrected chi connectivity index (χ3v) is 4.45. The summed E-state index contributed by atoms with van der Waals surface area (Å²) in [5, 5.41) is 5.71. The molecule has 1 aromatic heterocycles. The van der Waals surface area contributed by atoms with Gasteiger partial charge in [0, 0.05) is 12.1 Å². The molecule has 0 spiro atoms. The molecule has 0 saturated heterocycles. The topological polar surface area (TPSA) is 21.3 Å². The Morgan fingerprint density at radius 2 is 2.05 bits per heavy atom. The normalized spacial score (nSPS) is 14.0. The fourth-order valence-electron chi connectivity index (χ4n) is 2.33. The average Bonchev–Trinajstić information content (AvgIpc) is 2.86. The van der Waals surface area contributed by atoms with E-state index in [1.807, 2.05) is 24.3 Å². The first-order chi connectivity index (χ1) is 9.60. The summed E-state index contributed by atoms with van der Waals surface area (Å²) in [7, 11) is 1.72. The molecule has 0 radical (unpaired) electrons. The van der Waals surface area contributed by atoms with Crippen molar-refractivity contribution in [2.45, 2.75) is 32.4 Å². The van der Waals surface area contributed by atoms with Crippen LogP contribution in [0.3, 0.4) is 0 Å². The zero-order valence-electron chi connectivity index (χ0n) is 12.0. The van der Waals surface area contributed by atoms with E-state index in [0.29, 0.717) is 12.1 Å². The summed E-state index contributed by atoms with van der Waals surface area (Å²) in [6.45, 7) is 4.36. The van der Waals surface area contributed by atoms with Gasteiger partial charge in [-0.15, -0.1) is 11.3 Å². The van der Waals surface area contributed by atoms with Crippen LogP contribution < -0.4 is 10.1 Å². The Morgan fingerprint density at radius 1 is 1.30 bits per heavy atom. The molecule has 0 aliphatic heterocycles. The van der Waals surface area contributed by atoms with Gasteiger partial charge in [0.15, 0.2) is 0 Å². The lowest BCUT2D eigenvalue weighted by atomic mass is 10.0. The highest BCUT2D eigenvalue weighted by Gasteiger charge is 2.13. The number of benzene rings is 1. The second-order valence-electron chi connectivity index (χ2n) is 4.99. The summed E-state index contributed by atoms with van der Waals surface area (Å²) < 4.78 is 6.23. The van der Waals surface area contributed by atoms with Crippen molar-refractivity contribution in [1.82, 2.24) is 5.32 Å². The fourth-order valence-corrected chi connectivity index (χ4v) is 3.32. The molecule has 0 fully saturated rings. The van der Waals surface area contributed by atoms with Crippen LogP contribution in [0.4, 0.5) is 0 Å². The Labute approximate surface area is 129 Å². The monoisotopic (exact) mass is 309 g/mol. The fraction of sp³-hybridized carbons (Fsp3) is 0.375. The molecular formula is C16H20ClNOS. The molecule has 20 heavy (non-hydrogen) atoms. The van der Waals surface area contributed by atoms with Crippen LogP contribution in [0, 0.1) is 0 Å². The number of nitrogens with one attached hydrogen (secondary N) is 1. The lowest BCUT2D eigenvalue weighted by Crippen LogP contribution is -2.30. The highest BCUT2D eigenvalue weighted by atomic mass is 35.5. The Bertz CT molecular complexity index is 555. The van der Waals surface area contributed by atoms with Crippen LogP contribution in [0.5, 0.6) is 5.75 Å². The standard InChI is InChI=1S/C16H20ClNOS/c1-11(8-13-6-4-5-7-15(13)19-3)18-12(2)14-9-16(17)20-10-14/h4-7,9-12,18H,8H2,1-3H3. The molecule has 0 aliphatic carbocycles. The number of methoxy groups -OCH3 is 1. The van der Waals surface area contributed by atoms with Crippen LogP contribution in [0.1, 0.15) is 31.0 Å². The minimum atomic E-state index is 0.295. The predicted octanol–water partition coefficient (Wildman–Crippen LogP) is 4.69. The zero-order valence-corrected chi connectivity index (χ0v) is 13.6. The first-order valence-electron chi connectivity index (χ1n) is 6.72. The second kappa shape index (κ2) is 7.11. The van der Waals surface area contributed by atoms with E-state index in [4.69, 9.17) is 16.3 Å². The maximum absolute atomic E-state index is 5.98. The molecule has 2 atom stereocenters. The highest BCUT2D eigenvalue weighted by molar-refractivity contribution is 7.14. The largest absolute Gasteiger partial charge is 0.496 e. The van der Waals surface area contributed by atoms with E-state index in [2.05, 4.69) is 30.6 Å². The Morgan fingerprint density at radius 3 is 2.70 bits per heavy atom. The average molecular weight is 310 g/mol. The first-order valence-corrected chi connectivity index (χ1v) is 7.97. The third kappa shape index (κ3) is 3.98. The molecular weight excluding hydrogens is 290 g/mol. The van der Waals surface area contributed by atoms with Crippen molar-refractivity contribution >= 4 is 22.9 Å². The highest BCUT2D eigenvalue weighted by Crippen LogP contribution is 2.25. The van der Waals surface area contributed by atoms with Gasteiger partial charge in [0.25, 0.3) is 0 Å². The molecule has 0 amide bonds. The van der Waals surface area contributed by atoms with Crippen molar-refractivity contribution in [3.8, 4) is 5.75 Å². The van der Waals surface area contributed by atoms with Gasteiger partial charge in [-0.05, 0) is 48.9 Å². The van der Waals surface area contributed by atoms with Gasteiger partial charge in [0.1, 0.15) is 5.75 Å². The maximum atomic E-state index is 5.98. The van der Waals surface area contributed by atoms with E-state index in [1.54, 1.807) is 18.4 Å². The van der Waals surface area contributed by atoms with Crippen LogP contribution >= 0.6 is 22.9 Å². The predicted molar refractivity (Wildman–Crippen MR) is 87.0 cm³/mol. The second-order valence-corrected chi connectivity index (χ2v) is 6.53. The van der Waals surface area contributed by atoms with E-state index in [-0.39, 0.29) is 0 Å². The lowest BCUT2D eigenvalue weighted by Gasteiger charge is -2.20. The molecule has 2 nitrogen and oxygen atoms in total. The van der Waals surface area contributed by atoms with Crippen LogP contribution in [-0.2, 0) is 6.42 Å². The molecule has 108 valence electrons. The number of rotatable bonds is 6. The minimum Gasteiger partial charge on any atom is -0.496 e. The van der Waals surface area contributed by atoms with Crippen LogP contribution in [-0.4, -0.2) is 13.2 Å². The van der Waals surface area contributed by atoms with Gasteiger partial charge in [-0.2, -0.15) is 0 Å². The molecule has 0 bridgehead atoms. The van der Waals surface area contributed by atoms with E-state index in [1.165, 1.54) is 11.1 Å². The number of halogens is 1. The van der Waals surface area contributed by atoms with Gasteiger partial charge in [0.05, 0.1) is 11.4 Å². The van der Waals surface area contributed by atoms with Crippen LogP contribution in [0.15, 0.2) is 35.7 Å². The van der Waals surface area contributed by atoms with Crippen molar-refractivity contribution < 1.29 is 4.74 Å². The van der Waals surface area contributed by atoms with Gasteiger partial charge in [-0.3, -0.25) is 0 Å². The summed E-state index contributed by atoms with van der Waals surface area (Å²) in [4.78, 5) is 0. The number of hydrogen-bond donors (Lipinski definition) is 1. The van der Waals surface area contributed by atoms with Crippen molar-refractivity contribution in [2.24, 2.45) is 0 Å². The zero-order chi connectivity index (χ0) is 14.5.